The second kappa shape index (κ2) is 3.34. The summed E-state index contributed by atoms with van der Waals surface area (Å²) in [5.41, 5.74) is 1.22. The molecule has 3 unspecified atom stereocenters. The Balaban J connectivity index is 1.78. The van der Waals surface area contributed by atoms with Gasteiger partial charge in [0.2, 0.25) is 0 Å². The Hall–Kier alpha value is -0.830. The molecule has 2 aliphatic rings. The molecular formula is C12H19N3. The van der Waals surface area contributed by atoms with Crippen molar-refractivity contribution in [2.45, 2.75) is 25.3 Å². The summed E-state index contributed by atoms with van der Waals surface area (Å²) in [6.45, 7) is 0. The minimum absolute atomic E-state index is 0.487. The summed E-state index contributed by atoms with van der Waals surface area (Å²) in [6, 6.07) is 2.64. The first-order valence-electron chi connectivity index (χ1n) is 5.98. The van der Waals surface area contributed by atoms with Gasteiger partial charge in [-0.05, 0) is 43.7 Å². The van der Waals surface area contributed by atoms with Crippen molar-refractivity contribution in [2.24, 2.45) is 24.8 Å². The van der Waals surface area contributed by atoms with Crippen LogP contribution in [0.2, 0.25) is 0 Å². The van der Waals surface area contributed by atoms with Crippen LogP contribution in [0.25, 0.3) is 0 Å². The molecule has 0 aromatic carbocycles. The number of fused-ring (bicyclic) bond motifs is 1. The number of nitrogens with zero attached hydrogens (tertiary/aromatic N) is 2. The molecule has 2 saturated carbocycles. The predicted molar refractivity (Wildman–Crippen MR) is 59.3 cm³/mol. The number of hydrogen-bond donors (Lipinski definition) is 1. The van der Waals surface area contributed by atoms with Crippen LogP contribution in [0.1, 0.15) is 31.0 Å². The van der Waals surface area contributed by atoms with E-state index in [1.165, 1.54) is 25.0 Å². The van der Waals surface area contributed by atoms with Gasteiger partial charge in [0.05, 0.1) is 11.7 Å². The maximum atomic E-state index is 4.52. The molecule has 0 amide bonds. The Labute approximate surface area is 90.9 Å². The molecule has 2 fully saturated rings. The first kappa shape index (κ1) is 9.40. The van der Waals surface area contributed by atoms with Crippen LogP contribution in [0, 0.1) is 17.8 Å². The first-order valence-corrected chi connectivity index (χ1v) is 5.98. The lowest BCUT2D eigenvalue weighted by Crippen LogP contribution is -2.21. The lowest BCUT2D eigenvalue weighted by molar-refractivity contribution is 0.432. The molecule has 82 valence electrons. The van der Waals surface area contributed by atoms with Crippen molar-refractivity contribution in [3.63, 3.8) is 0 Å². The lowest BCUT2D eigenvalue weighted by Gasteiger charge is -2.15. The van der Waals surface area contributed by atoms with Gasteiger partial charge in [-0.1, -0.05) is 6.42 Å². The van der Waals surface area contributed by atoms with E-state index < -0.39 is 0 Å². The molecular weight excluding hydrogens is 186 g/mol. The predicted octanol–water partition coefficient (Wildman–Crippen LogP) is 1.73. The van der Waals surface area contributed by atoms with E-state index in [2.05, 4.69) is 23.5 Å². The molecule has 1 N–H and O–H groups in total. The maximum Gasteiger partial charge on any atom is 0.0796 e. The largest absolute Gasteiger partial charge is 0.311 e. The highest BCUT2D eigenvalue weighted by Crippen LogP contribution is 2.61. The van der Waals surface area contributed by atoms with Crippen molar-refractivity contribution in [1.29, 1.82) is 0 Å². The van der Waals surface area contributed by atoms with Crippen LogP contribution in [-0.4, -0.2) is 16.8 Å². The van der Waals surface area contributed by atoms with Gasteiger partial charge in [0, 0.05) is 13.2 Å². The van der Waals surface area contributed by atoms with Crippen molar-refractivity contribution in [3.05, 3.63) is 18.0 Å². The Kier molecular flexibility index (Phi) is 2.09. The zero-order valence-electron chi connectivity index (χ0n) is 9.48. The van der Waals surface area contributed by atoms with Crippen molar-refractivity contribution in [2.75, 3.05) is 7.05 Å². The zero-order chi connectivity index (χ0) is 10.4. The first-order chi connectivity index (χ1) is 7.31. The molecule has 0 spiro atoms. The van der Waals surface area contributed by atoms with Gasteiger partial charge in [0.15, 0.2) is 0 Å². The molecule has 3 rings (SSSR count). The number of nitrogens with one attached hydrogen (secondary N) is 1. The van der Waals surface area contributed by atoms with Gasteiger partial charge < -0.3 is 5.32 Å². The molecule has 1 aromatic rings. The van der Waals surface area contributed by atoms with Crippen LogP contribution in [0.3, 0.4) is 0 Å². The van der Waals surface area contributed by atoms with Gasteiger partial charge in [-0.3, -0.25) is 4.68 Å². The van der Waals surface area contributed by atoms with Gasteiger partial charge >= 0.3 is 0 Å². The van der Waals surface area contributed by atoms with Crippen molar-refractivity contribution in [3.8, 4) is 0 Å². The minimum atomic E-state index is 0.487. The van der Waals surface area contributed by atoms with E-state index in [-0.39, 0.29) is 0 Å². The molecule has 0 saturated heterocycles. The highest BCUT2D eigenvalue weighted by molar-refractivity contribution is 5.15. The third-order valence-corrected chi connectivity index (χ3v) is 4.22. The Morgan fingerprint density at radius 2 is 2.20 bits per heavy atom. The average molecular weight is 205 g/mol. The minimum Gasteiger partial charge on any atom is -0.311 e. The van der Waals surface area contributed by atoms with E-state index in [1.54, 1.807) is 0 Å². The monoisotopic (exact) mass is 205 g/mol. The molecule has 3 heteroatoms. The molecule has 0 aliphatic heterocycles. The summed E-state index contributed by atoms with van der Waals surface area (Å²) < 4.78 is 1.90. The third kappa shape index (κ3) is 1.41. The van der Waals surface area contributed by atoms with Gasteiger partial charge in [-0.25, -0.2) is 0 Å². The summed E-state index contributed by atoms with van der Waals surface area (Å²) in [6.07, 6.45) is 6.38. The van der Waals surface area contributed by atoms with Gasteiger partial charge in [-0.2, -0.15) is 5.10 Å². The van der Waals surface area contributed by atoms with Crippen LogP contribution in [0.4, 0.5) is 0 Å². The zero-order valence-corrected chi connectivity index (χ0v) is 9.48. The number of rotatable bonds is 3. The molecule has 15 heavy (non-hydrogen) atoms. The number of hydrogen-bond acceptors (Lipinski definition) is 2. The average Bonchev–Trinajstić information content (AvgIpc) is 2.67. The second-order valence-electron chi connectivity index (χ2n) is 5.02. The van der Waals surface area contributed by atoms with E-state index >= 15 is 0 Å². The van der Waals surface area contributed by atoms with Crippen molar-refractivity contribution >= 4 is 0 Å². The second-order valence-corrected chi connectivity index (χ2v) is 5.02. The van der Waals surface area contributed by atoms with E-state index in [0.29, 0.717) is 6.04 Å². The maximum absolute atomic E-state index is 4.52. The lowest BCUT2D eigenvalue weighted by atomic mass is 10.0. The van der Waals surface area contributed by atoms with Gasteiger partial charge in [0.1, 0.15) is 0 Å². The fourth-order valence-electron chi connectivity index (χ4n) is 3.51. The van der Waals surface area contributed by atoms with Crippen LogP contribution < -0.4 is 5.32 Å². The summed E-state index contributed by atoms with van der Waals surface area (Å²) in [5.74, 6) is 2.84. The summed E-state index contributed by atoms with van der Waals surface area (Å²) in [7, 11) is 4.05. The molecule has 2 aliphatic carbocycles. The summed E-state index contributed by atoms with van der Waals surface area (Å²) in [4.78, 5) is 0. The topological polar surface area (TPSA) is 29.9 Å². The summed E-state index contributed by atoms with van der Waals surface area (Å²) in [5, 5.41) is 7.97. The Bertz CT molecular complexity index is 348. The van der Waals surface area contributed by atoms with Crippen LogP contribution in [0.5, 0.6) is 0 Å². The van der Waals surface area contributed by atoms with E-state index in [1.807, 2.05) is 17.9 Å². The van der Waals surface area contributed by atoms with E-state index in [4.69, 9.17) is 0 Å². The van der Waals surface area contributed by atoms with Crippen LogP contribution in [-0.2, 0) is 7.05 Å². The van der Waals surface area contributed by atoms with Crippen molar-refractivity contribution < 1.29 is 0 Å². The smallest absolute Gasteiger partial charge is 0.0796 e. The molecule has 1 heterocycles. The fourth-order valence-corrected chi connectivity index (χ4v) is 3.51. The summed E-state index contributed by atoms with van der Waals surface area (Å²) >= 11 is 0. The fraction of sp³-hybridized carbons (Fsp3) is 0.750. The molecule has 0 bridgehead atoms. The number of aromatic nitrogens is 2. The van der Waals surface area contributed by atoms with Crippen molar-refractivity contribution in [1.82, 2.24) is 15.1 Å². The number of aryl methyl sites for hydroxylation is 1. The normalized spacial score (nSPS) is 35.2. The van der Waals surface area contributed by atoms with E-state index in [0.717, 1.165) is 17.8 Å². The van der Waals surface area contributed by atoms with Crippen LogP contribution >= 0.6 is 0 Å². The quantitative estimate of drug-likeness (QED) is 0.814. The SMILES string of the molecule is CNC(c1ccn(C)n1)C1C2CCCC21. The highest BCUT2D eigenvalue weighted by atomic mass is 15.3. The molecule has 3 nitrogen and oxygen atoms in total. The molecule has 1 aromatic heterocycles. The Morgan fingerprint density at radius 1 is 1.47 bits per heavy atom. The Morgan fingerprint density at radius 3 is 2.73 bits per heavy atom. The molecule has 3 atom stereocenters. The highest BCUT2D eigenvalue weighted by Gasteiger charge is 2.56. The molecule has 0 radical (unpaired) electrons. The van der Waals surface area contributed by atoms with Gasteiger partial charge in [0.25, 0.3) is 0 Å². The van der Waals surface area contributed by atoms with Crippen LogP contribution in [0.15, 0.2) is 12.3 Å². The standard InChI is InChI=1S/C12H19N3/c1-13-12(10-6-7-15(2)14-10)11-8-4-3-5-9(8)11/h6-9,11-13H,3-5H2,1-2H3. The van der Waals surface area contributed by atoms with Gasteiger partial charge in [-0.15, -0.1) is 0 Å². The van der Waals surface area contributed by atoms with E-state index in [9.17, 15) is 0 Å². The third-order valence-electron chi connectivity index (χ3n) is 4.22.